The van der Waals surface area contributed by atoms with E-state index in [2.05, 4.69) is 5.32 Å². The molecular formula is C14H21F3N2O2. The third kappa shape index (κ3) is 5.53. The fraction of sp³-hybridized carbons (Fsp3) is 0.571. The summed E-state index contributed by atoms with van der Waals surface area (Å²) in [5.74, 6) is 0. The molecule has 1 rings (SSSR count). The second-order valence-electron chi connectivity index (χ2n) is 4.66. The lowest BCUT2D eigenvalue weighted by atomic mass is 10.1. The van der Waals surface area contributed by atoms with Gasteiger partial charge in [0.05, 0.1) is 18.8 Å². The fourth-order valence-corrected chi connectivity index (χ4v) is 1.93. The van der Waals surface area contributed by atoms with Crippen molar-refractivity contribution in [1.29, 1.82) is 0 Å². The molecule has 0 aromatic heterocycles. The average molecular weight is 306 g/mol. The number of hydrogen-bond donors (Lipinski definition) is 2. The summed E-state index contributed by atoms with van der Waals surface area (Å²) in [4.78, 5) is 1.39. The summed E-state index contributed by atoms with van der Waals surface area (Å²) in [6.45, 7) is 1.37. The zero-order chi connectivity index (χ0) is 15.9. The summed E-state index contributed by atoms with van der Waals surface area (Å²) >= 11 is 0. The first-order valence-electron chi connectivity index (χ1n) is 6.62. The summed E-state index contributed by atoms with van der Waals surface area (Å²) in [6, 6.07) is 4.23. The van der Waals surface area contributed by atoms with Gasteiger partial charge in [0, 0.05) is 39.5 Å². The fourth-order valence-electron chi connectivity index (χ4n) is 1.93. The van der Waals surface area contributed by atoms with Gasteiger partial charge in [0.15, 0.2) is 0 Å². The second-order valence-corrected chi connectivity index (χ2v) is 4.66. The molecule has 0 spiro atoms. The van der Waals surface area contributed by atoms with E-state index in [1.54, 1.807) is 13.2 Å². The van der Waals surface area contributed by atoms with E-state index < -0.39 is 11.7 Å². The molecule has 0 atom stereocenters. The highest BCUT2D eigenvalue weighted by molar-refractivity contribution is 5.56. The summed E-state index contributed by atoms with van der Waals surface area (Å²) in [6.07, 6.45) is -4.43. The van der Waals surface area contributed by atoms with Gasteiger partial charge in [-0.15, -0.1) is 0 Å². The Bertz CT molecular complexity index is 439. The van der Waals surface area contributed by atoms with E-state index in [0.29, 0.717) is 25.3 Å². The highest BCUT2D eigenvalue weighted by atomic mass is 19.4. The molecular weight excluding hydrogens is 285 g/mol. The Balaban J connectivity index is 2.91. The van der Waals surface area contributed by atoms with Crippen molar-refractivity contribution in [2.75, 3.05) is 45.4 Å². The molecule has 0 aliphatic heterocycles. The van der Waals surface area contributed by atoms with Crippen LogP contribution in [0.4, 0.5) is 18.9 Å². The molecule has 0 bridgehead atoms. The highest BCUT2D eigenvalue weighted by Crippen LogP contribution is 2.36. The number of halogens is 3. The maximum absolute atomic E-state index is 13.1. The van der Waals surface area contributed by atoms with Crippen molar-refractivity contribution in [3.05, 3.63) is 29.3 Å². The minimum absolute atomic E-state index is 0.0668. The van der Waals surface area contributed by atoms with Crippen molar-refractivity contribution in [3.8, 4) is 0 Å². The van der Waals surface area contributed by atoms with Gasteiger partial charge < -0.3 is 20.1 Å². The average Bonchev–Trinajstić information content (AvgIpc) is 2.43. The lowest BCUT2D eigenvalue weighted by Crippen LogP contribution is -2.25. The number of nitrogens with zero attached hydrogens (tertiary/aromatic N) is 1. The van der Waals surface area contributed by atoms with Crippen LogP contribution in [-0.2, 0) is 17.5 Å². The Kier molecular flexibility index (Phi) is 6.94. The molecule has 120 valence electrons. The molecule has 0 unspecified atom stereocenters. The van der Waals surface area contributed by atoms with Crippen LogP contribution in [0, 0.1) is 0 Å². The van der Waals surface area contributed by atoms with Crippen LogP contribution >= 0.6 is 0 Å². The number of likely N-dealkylation sites (N-methyl/N-ethyl adjacent to an activating group) is 1. The number of anilines is 1. The van der Waals surface area contributed by atoms with Gasteiger partial charge >= 0.3 is 6.18 Å². The minimum atomic E-state index is -4.43. The van der Waals surface area contributed by atoms with E-state index >= 15 is 0 Å². The molecule has 0 amide bonds. The number of alkyl halides is 3. The minimum Gasteiger partial charge on any atom is -0.395 e. The van der Waals surface area contributed by atoms with Gasteiger partial charge in [0.1, 0.15) is 0 Å². The molecule has 0 saturated heterocycles. The van der Waals surface area contributed by atoms with Crippen molar-refractivity contribution in [3.63, 3.8) is 0 Å². The Labute approximate surface area is 122 Å². The zero-order valence-electron chi connectivity index (χ0n) is 12.2. The van der Waals surface area contributed by atoms with Gasteiger partial charge in [-0.1, -0.05) is 6.07 Å². The van der Waals surface area contributed by atoms with Gasteiger partial charge in [-0.05, 0) is 17.7 Å². The van der Waals surface area contributed by atoms with Crippen LogP contribution in [0.1, 0.15) is 11.1 Å². The maximum Gasteiger partial charge on any atom is 0.418 e. The third-order valence-corrected chi connectivity index (χ3v) is 3.03. The largest absolute Gasteiger partial charge is 0.418 e. The molecule has 0 aliphatic rings. The summed E-state index contributed by atoms with van der Waals surface area (Å²) in [5.41, 5.74) is -0.0683. The van der Waals surface area contributed by atoms with E-state index in [1.807, 2.05) is 0 Å². The van der Waals surface area contributed by atoms with Gasteiger partial charge in [0.25, 0.3) is 0 Å². The predicted molar refractivity (Wildman–Crippen MR) is 75.4 cm³/mol. The van der Waals surface area contributed by atoms with Crippen molar-refractivity contribution in [2.24, 2.45) is 0 Å². The molecule has 7 heteroatoms. The first-order chi connectivity index (χ1) is 9.90. The quantitative estimate of drug-likeness (QED) is 0.720. The van der Waals surface area contributed by atoms with Crippen LogP contribution < -0.4 is 10.2 Å². The zero-order valence-corrected chi connectivity index (χ0v) is 12.2. The number of ether oxygens (including phenoxy) is 1. The Morgan fingerprint density at radius 1 is 1.33 bits per heavy atom. The second kappa shape index (κ2) is 8.21. The smallest absolute Gasteiger partial charge is 0.395 e. The standard InChI is InChI=1S/C14H21F3N2O2/c1-19(6-7-20)13-4-3-11(10-18-5-8-21-2)9-12(13)14(15,16)17/h3-4,9,18,20H,5-8,10H2,1-2H3. The van der Waals surface area contributed by atoms with Gasteiger partial charge in [-0.2, -0.15) is 13.2 Å². The molecule has 21 heavy (non-hydrogen) atoms. The Hall–Kier alpha value is -1.31. The van der Waals surface area contributed by atoms with Crippen LogP contribution in [-0.4, -0.2) is 45.6 Å². The molecule has 1 aromatic rings. The molecule has 0 fully saturated rings. The summed E-state index contributed by atoms with van der Waals surface area (Å²) in [7, 11) is 3.09. The normalized spacial score (nSPS) is 11.7. The Morgan fingerprint density at radius 3 is 2.62 bits per heavy atom. The van der Waals surface area contributed by atoms with E-state index in [9.17, 15) is 13.2 Å². The Morgan fingerprint density at radius 2 is 2.05 bits per heavy atom. The lowest BCUT2D eigenvalue weighted by Gasteiger charge is -2.23. The van der Waals surface area contributed by atoms with Crippen LogP contribution in [0.5, 0.6) is 0 Å². The van der Waals surface area contributed by atoms with Crippen molar-refractivity contribution in [2.45, 2.75) is 12.7 Å². The number of aliphatic hydroxyl groups is 1. The first-order valence-corrected chi connectivity index (χ1v) is 6.62. The molecule has 2 N–H and O–H groups in total. The number of aliphatic hydroxyl groups excluding tert-OH is 1. The van der Waals surface area contributed by atoms with Crippen molar-refractivity contribution >= 4 is 5.69 Å². The number of methoxy groups -OCH3 is 1. The number of rotatable bonds is 8. The molecule has 0 saturated carbocycles. The molecule has 0 aliphatic carbocycles. The van der Waals surface area contributed by atoms with Gasteiger partial charge in [-0.25, -0.2) is 0 Å². The predicted octanol–water partition coefficient (Wildman–Crippen LogP) is 1.87. The van der Waals surface area contributed by atoms with E-state index in [4.69, 9.17) is 9.84 Å². The molecule has 4 nitrogen and oxygen atoms in total. The monoisotopic (exact) mass is 306 g/mol. The van der Waals surface area contributed by atoms with Crippen LogP contribution in [0.3, 0.4) is 0 Å². The van der Waals surface area contributed by atoms with Crippen molar-refractivity contribution in [1.82, 2.24) is 5.32 Å². The van der Waals surface area contributed by atoms with Crippen LogP contribution in [0.15, 0.2) is 18.2 Å². The SMILES string of the molecule is COCCNCc1ccc(N(C)CCO)c(C(F)(F)F)c1. The third-order valence-electron chi connectivity index (χ3n) is 3.03. The molecule has 1 aromatic carbocycles. The van der Waals surface area contributed by atoms with E-state index in [0.717, 1.165) is 6.07 Å². The number of nitrogens with one attached hydrogen (secondary N) is 1. The first kappa shape index (κ1) is 17.7. The van der Waals surface area contributed by atoms with Crippen LogP contribution in [0.2, 0.25) is 0 Å². The highest BCUT2D eigenvalue weighted by Gasteiger charge is 2.34. The van der Waals surface area contributed by atoms with E-state index in [-0.39, 0.29) is 18.8 Å². The van der Waals surface area contributed by atoms with Gasteiger partial charge in [-0.3, -0.25) is 0 Å². The van der Waals surface area contributed by atoms with Crippen LogP contribution in [0.25, 0.3) is 0 Å². The van der Waals surface area contributed by atoms with Crippen molar-refractivity contribution < 1.29 is 23.0 Å². The summed E-state index contributed by atoms with van der Waals surface area (Å²) < 4.78 is 44.3. The van der Waals surface area contributed by atoms with E-state index in [1.165, 1.54) is 18.0 Å². The number of benzene rings is 1. The number of hydrogen-bond acceptors (Lipinski definition) is 4. The summed E-state index contributed by atoms with van der Waals surface area (Å²) in [5, 5.41) is 11.9. The molecule has 0 heterocycles. The topological polar surface area (TPSA) is 44.7 Å². The maximum atomic E-state index is 13.1. The van der Waals surface area contributed by atoms with Gasteiger partial charge in [0.2, 0.25) is 0 Å². The lowest BCUT2D eigenvalue weighted by molar-refractivity contribution is -0.137. The molecule has 0 radical (unpaired) electrons.